The highest BCUT2D eigenvalue weighted by molar-refractivity contribution is 7.80. The van der Waals surface area contributed by atoms with Crippen LogP contribution in [0, 0.1) is 17.6 Å². The predicted molar refractivity (Wildman–Crippen MR) is 78.9 cm³/mol. The number of aliphatic hydroxyl groups is 1. The van der Waals surface area contributed by atoms with Gasteiger partial charge in [0.15, 0.2) is 0 Å². The van der Waals surface area contributed by atoms with Crippen LogP contribution in [0.5, 0.6) is 0 Å². The molecular weight excluding hydrogens is 282 g/mol. The van der Waals surface area contributed by atoms with E-state index in [0.29, 0.717) is 25.9 Å². The highest BCUT2D eigenvalue weighted by atomic mass is 32.1. The summed E-state index contributed by atoms with van der Waals surface area (Å²) in [6, 6.07) is 2.34. The van der Waals surface area contributed by atoms with Crippen LogP contribution >= 0.6 is 12.2 Å². The quantitative estimate of drug-likeness (QED) is 0.840. The second kappa shape index (κ2) is 6.01. The van der Waals surface area contributed by atoms with Crippen molar-refractivity contribution in [1.29, 1.82) is 0 Å². The molecule has 1 aliphatic rings. The van der Waals surface area contributed by atoms with E-state index in [4.69, 9.17) is 18.0 Å². The van der Waals surface area contributed by atoms with Gasteiger partial charge in [-0.25, -0.2) is 8.78 Å². The van der Waals surface area contributed by atoms with Gasteiger partial charge in [0.05, 0.1) is 6.10 Å². The minimum absolute atomic E-state index is 0.0258. The van der Waals surface area contributed by atoms with Crippen LogP contribution in [0.15, 0.2) is 12.1 Å². The van der Waals surface area contributed by atoms with E-state index in [2.05, 4.69) is 0 Å². The summed E-state index contributed by atoms with van der Waals surface area (Å²) in [5, 5.41) is 9.55. The van der Waals surface area contributed by atoms with Gasteiger partial charge >= 0.3 is 0 Å². The SMILES string of the molecule is CC(O)C1CCN(c2c(F)cc(C(N)=S)cc2F)CC1. The fourth-order valence-electron chi connectivity index (χ4n) is 2.62. The van der Waals surface area contributed by atoms with E-state index < -0.39 is 11.6 Å². The summed E-state index contributed by atoms with van der Waals surface area (Å²) in [6.07, 6.45) is 1.05. The van der Waals surface area contributed by atoms with Gasteiger partial charge in [-0.1, -0.05) is 12.2 Å². The number of aliphatic hydroxyl groups excluding tert-OH is 1. The molecule has 3 nitrogen and oxygen atoms in total. The first kappa shape index (κ1) is 15.1. The van der Waals surface area contributed by atoms with Crippen molar-refractivity contribution in [1.82, 2.24) is 0 Å². The topological polar surface area (TPSA) is 49.5 Å². The Hall–Kier alpha value is -1.27. The first-order valence-corrected chi connectivity index (χ1v) is 7.03. The zero-order chi connectivity index (χ0) is 14.9. The van der Waals surface area contributed by atoms with Gasteiger partial charge in [0.2, 0.25) is 0 Å². The fraction of sp³-hybridized carbons (Fsp3) is 0.500. The van der Waals surface area contributed by atoms with Gasteiger partial charge < -0.3 is 15.7 Å². The number of piperidine rings is 1. The van der Waals surface area contributed by atoms with Crippen LogP contribution in [0.2, 0.25) is 0 Å². The van der Waals surface area contributed by atoms with Crippen molar-refractivity contribution in [2.45, 2.75) is 25.9 Å². The standard InChI is InChI=1S/C14H18F2N2OS/c1-8(19)9-2-4-18(5-3-9)13-11(15)6-10(14(17)20)7-12(13)16/h6-9,19H,2-5H2,1H3,(H2,17,20). The third-order valence-electron chi connectivity index (χ3n) is 3.84. The summed E-state index contributed by atoms with van der Waals surface area (Å²) in [5.41, 5.74) is 5.55. The van der Waals surface area contributed by atoms with Crippen LogP contribution in [0.4, 0.5) is 14.5 Å². The summed E-state index contributed by atoms with van der Waals surface area (Å²) in [7, 11) is 0. The molecular formula is C14H18F2N2OS. The number of anilines is 1. The van der Waals surface area contributed by atoms with Crippen molar-refractivity contribution in [2.24, 2.45) is 11.7 Å². The van der Waals surface area contributed by atoms with E-state index in [0.717, 1.165) is 0 Å². The monoisotopic (exact) mass is 300 g/mol. The third-order valence-corrected chi connectivity index (χ3v) is 4.08. The van der Waals surface area contributed by atoms with Crippen LogP contribution in [0.1, 0.15) is 25.3 Å². The Labute approximate surface area is 122 Å². The van der Waals surface area contributed by atoms with Crippen molar-refractivity contribution < 1.29 is 13.9 Å². The van der Waals surface area contributed by atoms with Gasteiger partial charge in [0, 0.05) is 18.7 Å². The molecule has 6 heteroatoms. The molecule has 3 N–H and O–H groups in total. The number of benzene rings is 1. The molecule has 1 atom stereocenters. The highest BCUT2D eigenvalue weighted by Gasteiger charge is 2.26. The molecule has 0 aromatic heterocycles. The number of nitrogens with zero attached hydrogens (tertiary/aromatic N) is 1. The maximum Gasteiger partial charge on any atom is 0.150 e. The number of hydrogen-bond donors (Lipinski definition) is 2. The Morgan fingerprint density at radius 1 is 1.35 bits per heavy atom. The van der Waals surface area contributed by atoms with E-state index in [1.165, 1.54) is 12.1 Å². The van der Waals surface area contributed by atoms with Gasteiger partial charge in [-0.15, -0.1) is 0 Å². The van der Waals surface area contributed by atoms with Gasteiger partial charge in [0.1, 0.15) is 22.3 Å². The van der Waals surface area contributed by atoms with Crippen LogP contribution in [0.3, 0.4) is 0 Å². The summed E-state index contributed by atoms with van der Waals surface area (Å²) < 4.78 is 28.1. The second-order valence-corrected chi connectivity index (χ2v) is 5.66. The lowest BCUT2D eigenvalue weighted by molar-refractivity contribution is 0.109. The molecule has 1 aromatic rings. The second-order valence-electron chi connectivity index (χ2n) is 5.22. The van der Waals surface area contributed by atoms with Gasteiger partial charge in [-0.3, -0.25) is 0 Å². The fourth-order valence-corrected chi connectivity index (χ4v) is 2.73. The third kappa shape index (κ3) is 3.07. The molecule has 1 fully saturated rings. The Kier molecular flexibility index (Phi) is 4.55. The average Bonchev–Trinajstić information content (AvgIpc) is 2.38. The lowest BCUT2D eigenvalue weighted by Gasteiger charge is -2.35. The zero-order valence-corrected chi connectivity index (χ0v) is 12.1. The van der Waals surface area contributed by atoms with Crippen molar-refractivity contribution in [2.75, 3.05) is 18.0 Å². The highest BCUT2D eigenvalue weighted by Crippen LogP contribution is 2.30. The summed E-state index contributed by atoms with van der Waals surface area (Å²) >= 11 is 4.73. The smallest absolute Gasteiger partial charge is 0.150 e. The number of thiocarbonyl (C=S) groups is 1. The molecule has 0 spiro atoms. The van der Waals surface area contributed by atoms with Crippen LogP contribution in [-0.4, -0.2) is 29.3 Å². The molecule has 1 aromatic carbocycles. The molecule has 110 valence electrons. The van der Waals surface area contributed by atoms with Crippen molar-refractivity contribution >= 4 is 22.9 Å². The van der Waals surface area contributed by atoms with E-state index >= 15 is 0 Å². The molecule has 0 radical (unpaired) electrons. The average molecular weight is 300 g/mol. The van der Waals surface area contributed by atoms with Crippen molar-refractivity contribution in [3.8, 4) is 0 Å². The molecule has 0 aliphatic carbocycles. The maximum atomic E-state index is 14.1. The van der Waals surface area contributed by atoms with E-state index in [9.17, 15) is 13.9 Å². The predicted octanol–water partition coefficient (Wildman–Crippen LogP) is 2.20. The van der Waals surface area contributed by atoms with E-state index in [-0.39, 0.29) is 28.3 Å². The van der Waals surface area contributed by atoms with Gasteiger partial charge in [-0.05, 0) is 37.8 Å². The number of nitrogens with two attached hydrogens (primary N) is 1. The van der Waals surface area contributed by atoms with Crippen LogP contribution in [0.25, 0.3) is 0 Å². The number of halogens is 2. The minimum atomic E-state index is -0.650. The number of rotatable bonds is 3. The molecule has 0 saturated carbocycles. The lowest BCUT2D eigenvalue weighted by Crippen LogP contribution is -2.38. The van der Waals surface area contributed by atoms with Crippen LogP contribution < -0.4 is 10.6 Å². The van der Waals surface area contributed by atoms with Crippen LogP contribution in [-0.2, 0) is 0 Å². The Balaban J connectivity index is 2.20. The van der Waals surface area contributed by atoms with Gasteiger partial charge in [0.25, 0.3) is 0 Å². The summed E-state index contributed by atoms with van der Waals surface area (Å²) in [5.74, 6) is -1.11. The Morgan fingerprint density at radius 2 is 1.85 bits per heavy atom. The number of hydrogen-bond acceptors (Lipinski definition) is 3. The molecule has 1 saturated heterocycles. The largest absolute Gasteiger partial charge is 0.393 e. The van der Waals surface area contributed by atoms with Crippen molar-refractivity contribution in [3.05, 3.63) is 29.3 Å². The van der Waals surface area contributed by atoms with Crippen molar-refractivity contribution in [3.63, 3.8) is 0 Å². The zero-order valence-electron chi connectivity index (χ0n) is 11.3. The Morgan fingerprint density at radius 3 is 2.25 bits per heavy atom. The van der Waals surface area contributed by atoms with Gasteiger partial charge in [-0.2, -0.15) is 0 Å². The first-order valence-electron chi connectivity index (χ1n) is 6.62. The van der Waals surface area contributed by atoms with E-state index in [1.807, 2.05) is 0 Å². The van der Waals surface area contributed by atoms with E-state index in [1.54, 1.807) is 11.8 Å². The maximum absolute atomic E-state index is 14.1. The minimum Gasteiger partial charge on any atom is -0.393 e. The molecule has 1 aliphatic heterocycles. The lowest BCUT2D eigenvalue weighted by atomic mass is 9.92. The summed E-state index contributed by atoms with van der Waals surface area (Å²) in [4.78, 5) is 1.65. The normalized spacial score (nSPS) is 18.1. The molecule has 20 heavy (non-hydrogen) atoms. The molecule has 0 amide bonds. The Bertz CT molecular complexity index is 491. The molecule has 1 heterocycles. The molecule has 1 unspecified atom stereocenters. The summed E-state index contributed by atoms with van der Waals surface area (Å²) in [6.45, 7) is 2.80. The first-order chi connectivity index (χ1) is 9.40. The molecule has 0 bridgehead atoms. The molecule has 2 rings (SSSR count).